The van der Waals surface area contributed by atoms with Gasteiger partial charge in [0, 0.05) is 11.8 Å². The molecule has 68 valence electrons. The average Bonchev–Trinajstić information content (AvgIpc) is 2.30. The van der Waals surface area contributed by atoms with Gasteiger partial charge in [0.1, 0.15) is 0 Å². The van der Waals surface area contributed by atoms with Gasteiger partial charge in [0.2, 0.25) is 0 Å². The van der Waals surface area contributed by atoms with Crippen molar-refractivity contribution in [3.05, 3.63) is 60.8 Å². The second-order valence-corrected chi connectivity index (χ2v) is 3.04. The van der Waals surface area contributed by atoms with E-state index in [9.17, 15) is 0 Å². The van der Waals surface area contributed by atoms with Crippen molar-refractivity contribution in [3.8, 4) is 11.3 Å². The van der Waals surface area contributed by atoms with Crippen molar-refractivity contribution < 1.29 is 0 Å². The van der Waals surface area contributed by atoms with Crippen LogP contribution >= 0.6 is 0 Å². The van der Waals surface area contributed by atoms with Crippen LogP contribution in [0.3, 0.4) is 0 Å². The number of hydrogen-bond acceptors (Lipinski definition) is 1. The highest BCUT2D eigenvalue weighted by Crippen LogP contribution is 2.16. The Labute approximate surface area is 83.7 Å². The molecule has 0 spiro atoms. The Bertz CT molecular complexity index is 415. The Morgan fingerprint density at radius 2 is 1.79 bits per heavy atom. The molecule has 1 aromatic carbocycles. The fourth-order valence-electron chi connectivity index (χ4n) is 1.32. The molecule has 0 aliphatic rings. The van der Waals surface area contributed by atoms with E-state index in [0.717, 1.165) is 16.8 Å². The molecule has 2 rings (SSSR count). The zero-order chi connectivity index (χ0) is 9.80. The maximum Gasteiger partial charge on any atom is 0.0701 e. The quantitative estimate of drug-likeness (QED) is 0.692. The molecule has 1 nitrogen and oxygen atoms in total. The van der Waals surface area contributed by atoms with Crippen LogP contribution in [0.4, 0.5) is 0 Å². The van der Waals surface area contributed by atoms with E-state index in [4.69, 9.17) is 0 Å². The Morgan fingerprint density at radius 1 is 1.00 bits per heavy atom. The lowest BCUT2D eigenvalue weighted by molar-refractivity contribution is 1.33. The van der Waals surface area contributed by atoms with Crippen molar-refractivity contribution >= 4 is 6.08 Å². The SMILES string of the molecule is C=Cc1ccc(-c2ccccn2)cc1. The largest absolute Gasteiger partial charge is 0.256 e. The highest BCUT2D eigenvalue weighted by Gasteiger charge is 1.96. The predicted octanol–water partition coefficient (Wildman–Crippen LogP) is 3.39. The number of benzene rings is 1. The van der Waals surface area contributed by atoms with Gasteiger partial charge in [-0.25, -0.2) is 0 Å². The maximum absolute atomic E-state index is 4.28. The van der Waals surface area contributed by atoms with Crippen LogP contribution < -0.4 is 0 Å². The van der Waals surface area contributed by atoms with E-state index in [-0.39, 0.29) is 0 Å². The summed E-state index contributed by atoms with van der Waals surface area (Å²) in [7, 11) is 0. The monoisotopic (exact) mass is 181 g/mol. The first kappa shape index (κ1) is 8.70. The smallest absolute Gasteiger partial charge is 0.0701 e. The molecule has 2 aromatic rings. The molecule has 0 unspecified atom stereocenters. The Hall–Kier alpha value is -1.89. The standard InChI is InChI=1S/C13H11N/c1-2-11-6-8-12(9-7-11)13-5-3-4-10-14-13/h2-10H,1H2. The summed E-state index contributed by atoms with van der Waals surface area (Å²) in [6.07, 6.45) is 3.64. The zero-order valence-electron chi connectivity index (χ0n) is 7.85. The van der Waals surface area contributed by atoms with Crippen LogP contribution in [0.25, 0.3) is 17.3 Å². The molecule has 0 N–H and O–H groups in total. The summed E-state index contributed by atoms with van der Waals surface area (Å²) in [5.41, 5.74) is 3.27. The predicted molar refractivity (Wildman–Crippen MR) is 59.8 cm³/mol. The number of aromatic nitrogens is 1. The molecular formula is C13H11N. The van der Waals surface area contributed by atoms with Gasteiger partial charge in [-0.2, -0.15) is 0 Å². The van der Waals surface area contributed by atoms with Gasteiger partial charge in [0.15, 0.2) is 0 Å². The molecule has 0 fully saturated rings. The van der Waals surface area contributed by atoms with Gasteiger partial charge in [-0.3, -0.25) is 4.98 Å². The summed E-state index contributed by atoms with van der Waals surface area (Å²) in [6, 6.07) is 14.1. The summed E-state index contributed by atoms with van der Waals surface area (Å²) in [5, 5.41) is 0. The topological polar surface area (TPSA) is 12.9 Å². The first-order chi connectivity index (χ1) is 6.90. The molecule has 0 saturated carbocycles. The first-order valence-electron chi connectivity index (χ1n) is 4.54. The fraction of sp³-hybridized carbons (Fsp3) is 0. The molecule has 1 heteroatoms. The minimum absolute atomic E-state index is 1.00. The van der Waals surface area contributed by atoms with Crippen molar-refractivity contribution in [2.45, 2.75) is 0 Å². The molecule has 1 heterocycles. The van der Waals surface area contributed by atoms with Crippen LogP contribution in [0.1, 0.15) is 5.56 Å². The molecule has 14 heavy (non-hydrogen) atoms. The van der Waals surface area contributed by atoms with Crippen molar-refractivity contribution in [3.63, 3.8) is 0 Å². The maximum atomic E-state index is 4.28. The molecule has 0 atom stereocenters. The van der Waals surface area contributed by atoms with E-state index in [1.54, 1.807) is 6.20 Å². The lowest BCUT2D eigenvalue weighted by Crippen LogP contribution is -1.81. The highest BCUT2D eigenvalue weighted by molar-refractivity contribution is 5.61. The van der Waals surface area contributed by atoms with E-state index in [1.165, 1.54) is 0 Å². The summed E-state index contributed by atoms with van der Waals surface area (Å²) in [6.45, 7) is 3.72. The lowest BCUT2D eigenvalue weighted by Gasteiger charge is -2.00. The number of hydrogen-bond donors (Lipinski definition) is 0. The molecule has 0 amide bonds. The van der Waals surface area contributed by atoms with Crippen LogP contribution in [0.15, 0.2) is 55.2 Å². The van der Waals surface area contributed by atoms with Crippen molar-refractivity contribution in [1.82, 2.24) is 4.98 Å². The van der Waals surface area contributed by atoms with Gasteiger partial charge in [-0.05, 0) is 17.7 Å². The number of nitrogens with zero attached hydrogens (tertiary/aromatic N) is 1. The second kappa shape index (κ2) is 3.88. The van der Waals surface area contributed by atoms with Crippen molar-refractivity contribution in [1.29, 1.82) is 0 Å². The lowest BCUT2D eigenvalue weighted by atomic mass is 10.1. The summed E-state index contributed by atoms with van der Waals surface area (Å²) in [5.74, 6) is 0. The van der Waals surface area contributed by atoms with Crippen LogP contribution in [-0.4, -0.2) is 4.98 Å². The number of pyridine rings is 1. The van der Waals surface area contributed by atoms with Gasteiger partial charge >= 0.3 is 0 Å². The first-order valence-corrected chi connectivity index (χ1v) is 4.54. The molecule has 0 saturated heterocycles. The van der Waals surface area contributed by atoms with E-state index >= 15 is 0 Å². The average molecular weight is 181 g/mol. The van der Waals surface area contributed by atoms with Crippen LogP contribution in [0.2, 0.25) is 0 Å². The third-order valence-corrected chi connectivity index (χ3v) is 2.11. The molecule has 0 aliphatic carbocycles. The van der Waals surface area contributed by atoms with E-state index in [2.05, 4.69) is 23.7 Å². The van der Waals surface area contributed by atoms with E-state index in [0.29, 0.717) is 0 Å². The Morgan fingerprint density at radius 3 is 2.36 bits per heavy atom. The minimum Gasteiger partial charge on any atom is -0.256 e. The number of rotatable bonds is 2. The Kier molecular flexibility index (Phi) is 2.41. The molecular weight excluding hydrogens is 170 g/mol. The summed E-state index contributed by atoms with van der Waals surface area (Å²) >= 11 is 0. The third-order valence-electron chi connectivity index (χ3n) is 2.11. The van der Waals surface area contributed by atoms with Crippen molar-refractivity contribution in [2.75, 3.05) is 0 Å². The molecule has 0 aliphatic heterocycles. The zero-order valence-corrected chi connectivity index (χ0v) is 7.85. The normalized spacial score (nSPS) is 9.71. The van der Waals surface area contributed by atoms with Crippen LogP contribution in [0, 0.1) is 0 Å². The van der Waals surface area contributed by atoms with Gasteiger partial charge in [-0.1, -0.05) is 43.0 Å². The van der Waals surface area contributed by atoms with Crippen LogP contribution in [0.5, 0.6) is 0 Å². The molecule has 0 radical (unpaired) electrons. The van der Waals surface area contributed by atoms with Gasteiger partial charge < -0.3 is 0 Å². The Balaban J connectivity index is 2.39. The molecule has 0 bridgehead atoms. The summed E-state index contributed by atoms with van der Waals surface area (Å²) < 4.78 is 0. The third kappa shape index (κ3) is 1.72. The minimum atomic E-state index is 1.00. The second-order valence-electron chi connectivity index (χ2n) is 3.04. The van der Waals surface area contributed by atoms with Gasteiger partial charge in [0.25, 0.3) is 0 Å². The van der Waals surface area contributed by atoms with Gasteiger partial charge in [-0.15, -0.1) is 0 Å². The summed E-state index contributed by atoms with van der Waals surface area (Å²) in [4.78, 5) is 4.28. The highest BCUT2D eigenvalue weighted by atomic mass is 14.7. The van der Waals surface area contributed by atoms with E-state index < -0.39 is 0 Å². The van der Waals surface area contributed by atoms with Crippen molar-refractivity contribution in [2.24, 2.45) is 0 Å². The van der Waals surface area contributed by atoms with Gasteiger partial charge in [0.05, 0.1) is 5.69 Å². The molecule has 1 aromatic heterocycles. The van der Waals surface area contributed by atoms with Crippen LogP contribution in [-0.2, 0) is 0 Å². The fourth-order valence-corrected chi connectivity index (χ4v) is 1.32. The van der Waals surface area contributed by atoms with E-state index in [1.807, 2.05) is 36.4 Å².